The zero-order valence-corrected chi connectivity index (χ0v) is 8.34. The standard InChI is InChI=1S/C12H16O/c1-4-7-10-9-13-12(6-3)11(10)8-5-2/h5-6,8-9H,3-4,7H2,1-2H3/b8-5-. The van der Waals surface area contributed by atoms with Crippen molar-refractivity contribution in [2.75, 3.05) is 0 Å². The van der Waals surface area contributed by atoms with Crippen LogP contribution in [0.3, 0.4) is 0 Å². The number of allylic oxidation sites excluding steroid dienone is 1. The Balaban J connectivity index is 3.05. The van der Waals surface area contributed by atoms with Crippen molar-refractivity contribution in [2.45, 2.75) is 26.7 Å². The minimum Gasteiger partial charge on any atom is -0.464 e. The molecule has 13 heavy (non-hydrogen) atoms. The van der Waals surface area contributed by atoms with Gasteiger partial charge in [0.2, 0.25) is 0 Å². The highest BCUT2D eigenvalue weighted by atomic mass is 16.3. The Hall–Kier alpha value is -1.24. The van der Waals surface area contributed by atoms with Crippen molar-refractivity contribution in [3.8, 4) is 0 Å². The summed E-state index contributed by atoms with van der Waals surface area (Å²) < 4.78 is 5.38. The lowest BCUT2D eigenvalue weighted by atomic mass is 10.1. The van der Waals surface area contributed by atoms with Gasteiger partial charge < -0.3 is 4.42 Å². The van der Waals surface area contributed by atoms with Gasteiger partial charge in [0.05, 0.1) is 6.26 Å². The molecular weight excluding hydrogens is 160 g/mol. The van der Waals surface area contributed by atoms with Gasteiger partial charge >= 0.3 is 0 Å². The summed E-state index contributed by atoms with van der Waals surface area (Å²) in [7, 11) is 0. The lowest BCUT2D eigenvalue weighted by Crippen LogP contribution is -1.83. The van der Waals surface area contributed by atoms with Gasteiger partial charge in [0.1, 0.15) is 5.76 Å². The van der Waals surface area contributed by atoms with Crippen LogP contribution in [-0.4, -0.2) is 0 Å². The number of furan rings is 1. The Bertz CT molecular complexity index is 305. The van der Waals surface area contributed by atoms with Crippen molar-refractivity contribution in [3.05, 3.63) is 35.8 Å². The minimum atomic E-state index is 0.876. The monoisotopic (exact) mass is 176 g/mol. The van der Waals surface area contributed by atoms with Gasteiger partial charge in [-0.1, -0.05) is 32.1 Å². The molecule has 0 aliphatic heterocycles. The fourth-order valence-electron chi connectivity index (χ4n) is 1.40. The van der Waals surface area contributed by atoms with E-state index < -0.39 is 0 Å². The van der Waals surface area contributed by atoms with Crippen LogP contribution in [0.5, 0.6) is 0 Å². The van der Waals surface area contributed by atoms with Gasteiger partial charge in [-0.25, -0.2) is 0 Å². The van der Waals surface area contributed by atoms with Gasteiger partial charge in [0.15, 0.2) is 0 Å². The Labute approximate surface area is 79.8 Å². The van der Waals surface area contributed by atoms with Gasteiger partial charge in [-0.2, -0.15) is 0 Å². The SMILES string of the molecule is C=Cc1occ(CCC)c1/C=C\C. The molecule has 0 amide bonds. The van der Waals surface area contributed by atoms with E-state index in [1.165, 1.54) is 11.1 Å². The molecule has 70 valence electrons. The predicted molar refractivity (Wildman–Crippen MR) is 57.5 cm³/mol. The minimum absolute atomic E-state index is 0.876. The maximum absolute atomic E-state index is 5.38. The maximum Gasteiger partial charge on any atom is 0.133 e. The van der Waals surface area contributed by atoms with E-state index in [9.17, 15) is 0 Å². The van der Waals surface area contributed by atoms with E-state index in [4.69, 9.17) is 4.42 Å². The maximum atomic E-state index is 5.38. The Morgan fingerprint density at radius 1 is 1.54 bits per heavy atom. The molecule has 0 fully saturated rings. The van der Waals surface area contributed by atoms with Crippen molar-refractivity contribution in [2.24, 2.45) is 0 Å². The summed E-state index contributed by atoms with van der Waals surface area (Å²) in [5.74, 6) is 0.876. The third-order valence-corrected chi connectivity index (χ3v) is 1.98. The highest BCUT2D eigenvalue weighted by molar-refractivity contribution is 5.63. The van der Waals surface area contributed by atoms with Crippen molar-refractivity contribution < 1.29 is 4.42 Å². The lowest BCUT2D eigenvalue weighted by Gasteiger charge is -1.95. The molecule has 0 N–H and O–H groups in total. The first-order valence-electron chi connectivity index (χ1n) is 4.69. The topological polar surface area (TPSA) is 13.1 Å². The molecule has 0 atom stereocenters. The van der Waals surface area contributed by atoms with Gasteiger partial charge in [-0.05, 0) is 25.0 Å². The molecule has 0 spiro atoms. The van der Waals surface area contributed by atoms with Crippen LogP contribution in [0.25, 0.3) is 12.2 Å². The number of aryl methyl sites for hydroxylation is 1. The fraction of sp³-hybridized carbons (Fsp3) is 0.333. The summed E-state index contributed by atoms with van der Waals surface area (Å²) in [4.78, 5) is 0. The van der Waals surface area contributed by atoms with E-state index in [2.05, 4.69) is 19.6 Å². The number of hydrogen-bond acceptors (Lipinski definition) is 1. The van der Waals surface area contributed by atoms with E-state index in [1.807, 2.05) is 19.3 Å². The molecule has 0 saturated heterocycles. The molecule has 0 bridgehead atoms. The first-order valence-corrected chi connectivity index (χ1v) is 4.69. The second-order valence-electron chi connectivity index (χ2n) is 2.99. The van der Waals surface area contributed by atoms with Crippen molar-refractivity contribution in [3.63, 3.8) is 0 Å². The molecule has 0 unspecified atom stereocenters. The Morgan fingerprint density at radius 3 is 2.85 bits per heavy atom. The van der Waals surface area contributed by atoms with Crippen molar-refractivity contribution in [1.29, 1.82) is 0 Å². The van der Waals surface area contributed by atoms with Gasteiger partial charge in [0, 0.05) is 5.56 Å². The molecule has 0 aliphatic rings. The first-order chi connectivity index (χ1) is 6.33. The molecule has 0 radical (unpaired) electrons. The quantitative estimate of drug-likeness (QED) is 0.678. The van der Waals surface area contributed by atoms with Crippen LogP contribution < -0.4 is 0 Å². The summed E-state index contributed by atoms with van der Waals surface area (Å²) in [5, 5.41) is 0. The van der Waals surface area contributed by atoms with Gasteiger partial charge in [-0.15, -0.1) is 0 Å². The Kier molecular flexibility index (Phi) is 3.56. The molecule has 0 aliphatic carbocycles. The summed E-state index contributed by atoms with van der Waals surface area (Å²) in [6.45, 7) is 7.90. The average molecular weight is 176 g/mol. The van der Waals surface area contributed by atoms with E-state index >= 15 is 0 Å². The van der Waals surface area contributed by atoms with Crippen LogP contribution in [-0.2, 0) is 6.42 Å². The first kappa shape index (κ1) is 9.85. The lowest BCUT2D eigenvalue weighted by molar-refractivity contribution is 0.553. The fourth-order valence-corrected chi connectivity index (χ4v) is 1.40. The van der Waals surface area contributed by atoms with E-state index in [-0.39, 0.29) is 0 Å². The predicted octanol–water partition coefficient (Wildman–Crippen LogP) is 3.91. The largest absolute Gasteiger partial charge is 0.464 e. The van der Waals surface area contributed by atoms with Crippen molar-refractivity contribution >= 4 is 12.2 Å². The molecule has 1 aromatic rings. The molecule has 1 nitrogen and oxygen atoms in total. The van der Waals surface area contributed by atoms with Crippen molar-refractivity contribution in [1.82, 2.24) is 0 Å². The van der Waals surface area contributed by atoms with Crippen LogP contribution in [0.4, 0.5) is 0 Å². The zero-order chi connectivity index (χ0) is 9.68. The summed E-state index contributed by atoms with van der Waals surface area (Å²) in [6, 6.07) is 0. The second kappa shape index (κ2) is 4.70. The molecule has 1 heteroatoms. The molecule has 1 heterocycles. The molecule has 0 aromatic carbocycles. The van der Waals surface area contributed by atoms with Crippen LogP contribution in [0.2, 0.25) is 0 Å². The van der Waals surface area contributed by atoms with Crippen LogP contribution in [0.1, 0.15) is 37.2 Å². The second-order valence-corrected chi connectivity index (χ2v) is 2.99. The highest BCUT2D eigenvalue weighted by Gasteiger charge is 2.06. The number of rotatable bonds is 4. The van der Waals surface area contributed by atoms with Gasteiger partial charge in [0.25, 0.3) is 0 Å². The molecular formula is C12H16O. The summed E-state index contributed by atoms with van der Waals surface area (Å²) in [5.41, 5.74) is 2.45. The van der Waals surface area contributed by atoms with Crippen LogP contribution in [0, 0.1) is 0 Å². The molecule has 1 aromatic heterocycles. The normalized spacial score (nSPS) is 10.9. The van der Waals surface area contributed by atoms with Crippen LogP contribution in [0.15, 0.2) is 23.3 Å². The summed E-state index contributed by atoms with van der Waals surface area (Å²) in [6.07, 6.45) is 9.89. The highest BCUT2D eigenvalue weighted by Crippen LogP contribution is 2.21. The average Bonchev–Trinajstić information content (AvgIpc) is 2.50. The molecule has 0 saturated carbocycles. The summed E-state index contributed by atoms with van der Waals surface area (Å²) >= 11 is 0. The Morgan fingerprint density at radius 2 is 2.31 bits per heavy atom. The van der Waals surface area contributed by atoms with Crippen LogP contribution >= 0.6 is 0 Å². The van der Waals surface area contributed by atoms with E-state index in [1.54, 1.807) is 6.08 Å². The third-order valence-electron chi connectivity index (χ3n) is 1.98. The number of hydrogen-bond donors (Lipinski definition) is 0. The third kappa shape index (κ3) is 2.11. The van der Waals surface area contributed by atoms with E-state index in [0.717, 1.165) is 18.6 Å². The smallest absolute Gasteiger partial charge is 0.133 e. The van der Waals surface area contributed by atoms with E-state index in [0.29, 0.717) is 0 Å². The van der Waals surface area contributed by atoms with Gasteiger partial charge in [-0.3, -0.25) is 0 Å². The zero-order valence-electron chi connectivity index (χ0n) is 8.34. The molecule has 1 rings (SSSR count).